The SMILES string of the molecule is N#Cc1c(N)nc(-c2ccc(Cl)cc2)nc1-c1ccc(N2C(=O)c3ccccc3C2=O)cc1. The van der Waals surface area contributed by atoms with E-state index in [-0.39, 0.29) is 23.2 Å². The number of nitrogens with zero attached hydrogens (tertiary/aromatic N) is 4. The highest BCUT2D eigenvalue weighted by Crippen LogP contribution is 2.32. The quantitative estimate of drug-likeness (QED) is 0.451. The zero-order valence-corrected chi connectivity index (χ0v) is 17.7. The van der Waals surface area contributed by atoms with E-state index in [1.165, 1.54) is 0 Å². The lowest BCUT2D eigenvalue weighted by atomic mass is 10.1. The maximum atomic E-state index is 12.7. The molecule has 33 heavy (non-hydrogen) atoms. The fourth-order valence-electron chi connectivity index (χ4n) is 3.72. The molecule has 2 heterocycles. The van der Waals surface area contributed by atoms with Crippen molar-refractivity contribution in [1.29, 1.82) is 5.26 Å². The Morgan fingerprint density at radius 1 is 0.818 bits per heavy atom. The van der Waals surface area contributed by atoms with Gasteiger partial charge in [-0.05, 0) is 48.5 Å². The van der Waals surface area contributed by atoms with Gasteiger partial charge in [-0.2, -0.15) is 5.26 Å². The summed E-state index contributed by atoms with van der Waals surface area (Å²) >= 11 is 5.96. The molecule has 8 heteroatoms. The molecule has 3 aromatic carbocycles. The van der Waals surface area contributed by atoms with Crippen molar-refractivity contribution >= 4 is 34.9 Å². The van der Waals surface area contributed by atoms with Gasteiger partial charge in [0, 0.05) is 16.1 Å². The van der Waals surface area contributed by atoms with Crippen molar-refractivity contribution < 1.29 is 9.59 Å². The summed E-state index contributed by atoms with van der Waals surface area (Å²) in [5, 5.41) is 10.2. The number of nitrogens with two attached hydrogens (primary N) is 1. The Balaban J connectivity index is 1.55. The maximum Gasteiger partial charge on any atom is 0.266 e. The first-order chi connectivity index (χ1) is 16.0. The Labute approximate surface area is 193 Å². The number of amides is 2. The number of rotatable bonds is 3. The van der Waals surface area contributed by atoms with Gasteiger partial charge in [-0.15, -0.1) is 0 Å². The van der Waals surface area contributed by atoms with Crippen LogP contribution in [0.4, 0.5) is 11.5 Å². The minimum atomic E-state index is -0.377. The Morgan fingerprint density at radius 2 is 1.39 bits per heavy atom. The molecule has 1 aliphatic rings. The van der Waals surface area contributed by atoms with E-state index in [4.69, 9.17) is 17.3 Å². The molecule has 4 aromatic rings. The van der Waals surface area contributed by atoms with Gasteiger partial charge in [0.1, 0.15) is 17.5 Å². The van der Waals surface area contributed by atoms with Crippen LogP contribution in [-0.4, -0.2) is 21.8 Å². The number of nitriles is 1. The van der Waals surface area contributed by atoms with E-state index in [0.29, 0.717) is 44.5 Å². The van der Waals surface area contributed by atoms with Crippen LogP contribution in [0.5, 0.6) is 0 Å². The lowest BCUT2D eigenvalue weighted by molar-refractivity contribution is 0.0926. The number of halogens is 1. The van der Waals surface area contributed by atoms with Crippen molar-refractivity contribution in [3.63, 3.8) is 0 Å². The van der Waals surface area contributed by atoms with Gasteiger partial charge in [0.2, 0.25) is 0 Å². The highest BCUT2D eigenvalue weighted by atomic mass is 35.5. The van der Waals surface area contributed by atoms with Crippen LogP contribution in [-0.2, 0) is 0 Å². The Kier molecular flexibility index (Phi) is 4.85. The van der Waals surface area contributed by atoms with E-state index in [1.807, 2.05) is 0 Å². The first kappa shape index (κ1) is 20.4. The second kappa shape index (κ2) is 7.86. The summed E-state index contributed by atoms with van der Waals surface area (Å²) in [4.78, 5) is 35.4. The third-order valence-electron chi connectivity index (χ3n) is 5.34. The number of fused-ring (bicyclic) bond motifs is 1. The monoisotopic (exact) mass is 451 g/mol. The molecule has 1 aromatic heterocycles. The number of carbonyl (C=O) groups is 2. The summed E-state index contributed by atoms with van der Waals surface area (Å²) in [6, 6.07) is 22.4. The number of nitrogen functional groups attached to an aromatic ring is 1. The predicted octanol–water partition coefficient (Wildman–Crippen LogP) is 4.72. The van der Waals surface area contributed by atoms with Crippen LogP contribution in [0.3, 0.4) is 0 Å². The van der Waals surface area contributed by atoms with Gasteiger partial charge in [0.15, 0.2) is 5.82 Å². The van der Waals surface area contributed by atoms with E-state index in [9.17, 15) is 14.9 Å². The highest BCUT2D eigenvalue weighted by Gasteiger charge is 2.36. The van der Waals surface area contributed by atoms with E-state index in [2.05, 4.69) is 16.0 Å². The molecule has 0 saturated carbocycles. The van der Waals surface area contributed by atoms with Crippen LogP contribution in [0.2, 0.25) is 5.02 Å². The molecule has 0 spiro atoms. The van der Waals surface area contributed by atoms with Gasteiger partial charge in [-0.1, -0.05) is 35.9 Å². The van der Waals surface area contributed by atoms with Crippen molar-refractivity contribution in [3.05, 3.63) is 94.5 Å². The number of anilines is 2. The van der Waals surface area contributed by atoms with Crippen molar-refractivity contribution in [1.82, 2.24) is 9.97 Å². The number of aromatic nitrogens is 2. The molecule has 158 valence electrons. The standard InChI is InChI=1S/C25H14ClN5O2/c26-16-9-5-15(6-10-16)23-29-21(20(13-27)22(28)30-23)14-7-11-17(12-8-14)31-24(32)18-3-1-2-4-19(18)25(31)33/h1-12H,(H2,28,29,30). The molecule has 0 radical (unpaired) electrons. The van der Waals surface area contributed by atoms with Gasteiger partial charge in [0.25, 0.3) is 11.8 Å². The maximum absolute atomic E-state index is 12.7. The van der Waals surface area contributed by atoms with Crippen LogP contribution in [0.25, 0.3) is 22.6 Å². The van der Waals surface area contributed by atoms with Crippen molar-refractivity contribution in [2.75, 3.05) is 10.6 Å². The first-order valence-corrected chi connectivity index (χ1v) is 10.3. The van der Waals surface area contributed by atoms with Crippen LogP contribution < -0.4 is 10.6 Å². The van der Waals surface area contributed by atoms with Crippen LogP contribution in [0.15, 0.2) is 72.8 Å². The average molecular weight is 452 g/mol. The second-order valence-electron chi connectivity index (χ2n) is 7.31. The normalized spacial score (nSPS) is 12.5. The van der Waals surface area contributed by atoms with Crippen LogP contribution in [0.1, 0.15) is 26.3 Å². The molecule has 7 nitrogen and oxygen atoms in total. The van der Waals surface area contributed by atoms with Crippen LogP contribution >= 0.6 is 11.6 Å². The summed E-state index contributed by atoms with van der Waals surface area (Å²) in [7, 11) is 0. The summed E-state index contributed by atoms with van der Waals surface area (Å²) < 4.78 is 0. The van der Waals surface area contributed by atoms with Crippen molar-refractivity contribution in [2.45, 2.75) is 0 Å². The number of hydrogen-bond donors (Lipinski definition) is 1. The number of benzene rings is 3. The molecule has 2 amide bonds. The third-order valence-corrected chi connectivity index (χ3v) is 5.60. The second-order valence-corrected chi connectivity index (χ2v) is 7.75. The van der Waals surface area contributed by atoms with E-state index in [1.54, 1.807) is 72.8 Å². The number of carbonyl (C=O) groups excluding carboxylic acids is 2. The smallest absolute Gasteiger partial charge is 0.266 e. The lowest BCUT2D eigenvalue weighted by Gasteiger charge is -2.15. The topological polar surface area (TPSA) is 113 Å². The minimum Gasteiger partial charge on any atom is -0.382 e. The minimum absolute atomic E-state index is 0.0527. The largest absolute Gasteiger partial charge is 0.382 e. The van der Waals surface area contributed by atoms with Gasteiger partial charge >= 0.3 is 0 Å². The molecule has 1 aliphatic heterocycles. The average Bonchev–Trinajstić information content (AvgIpc) is 3.09. The zero-order valence-electron chi connectivity index (χ0n) is 17.0. The molecule has 0 saturated heterocycles. The van der Waals surface area contributed by atoms with Crippen molar-refractivity contribution in [2.24, 2.45) is 0 Å². The first-order valence-electron chi connectivity index (χ1n) is 9.89. The van der Waals surface area contributed by atoms with E-state index < -0.39 is 0 Å². The number of imide groups is 1. The highest BCUT2D eigenvalue weighted by molar-refractivity contribution is 6.34. The molecular weight excluding hydrogens is 438 g/mol. The number of hydrogen-bond acceptors (Lipinski definition) is 6. The van der Waals surface area contributed by atoms with Gasteiger partial charge in [-0.3, -0.25) is 9.59 Å². The zero-order chi connectivity index (χ0) is 23.1. The third kappa shape index (κ3) is 3.39. The predicted molar refractivity (Wildman–Crippen MR) is 125 cm³/mol. The Hall–Kier alpha value is -4.54. The molecule has 5 rings (SSSR count). The molecule has 0 bridgehead atoms. The van der Waals surface area contributed by atoms with Crippen LogP contribution in [0, 0.1) is 11.3 Å². The van der Waals surface area contributed by atoms with E-state index in [0.717, 1.165) is 4.90 Å². The van der Waals surface area contributed by atoms with Gasteiger partial charge in [0.05, 0.1) is 22.5 Å². The molecule has 0 unspecified atom stereocenters. The molecule has 0 aliphatic carbocycles. The van der Waals surface area contributed by atoms with Gasteiger partial charge < -0.3 is 5.73 Å². The summed E-state index contributed by atoms with van der Waals surface area (Å²) in [6.45, 7) is 0. The summed E-state index contributed by atoms with van der Waals surface area (Å²) in [5.41, 5.74) is 8.99. The Morgan fingerprint density at radius 3 is 1.97 bits per heavy atom. The lowest BCUT2D eigenvalue weighted by Crippen LogP contribution is -2.29. The fraction of sp³-hybridized carbons (Fsp3) is 0. The molecule has 0 fully saturated rings. The van der Waals surface area contributed by atoms with Gasteiger partial charge in [-0.25, -0.2) is 14.9 Å². The van der Waals surface area contributed by atoms with Crippen molar-refractivity contribution in [3.8, 4) is 28.7 Å². The fourth-order valence-corrected chi connectivity index (χ4v) is 3.84. The summed E-state index contributed by atoms with van der Waals surface area (Å²) in [5.74, 6) is -0.353. The Bertz CT molecular complexity index is 1440. The molecule has 0 atom stereocenters. The summed E-state index contributed by atoms with van der Waals surface area (Å²) in [6.07, 6.45) is 0. The molecule has 2 N–H and O–H groups in total. The van der Waals surface area contributed by atoms with E-state index >= 15 is 0 Å². The molecular formula is C25H14ClN5O2.